The van der Waals surface area contributed by atoms with Crippen LogP contribution >= 0.6 is 0 Å². The summed E-state index contributed by atoms with van der Waals surface area (Å²) >= 11 is 0. The number of hydrogen-bond acceptors (Lipinski definition) is 3. The zero-order valence-corrected chi connectivity index (χ0v) is 10.4. The van der Waals surface area contributed by atoms with Gasteiger partial charge in [0.15, 0.2) is 6.29 Å². The van der Waals surface area contributed by atoms with Crippen LogP contribution in [-0.2, 0) is 16.1 Å². The SMILES string of the molecule is CC(C)OC(=O)Cn1ccc2c(C=O)cccc21. The van der Waals surface area contributed by atoms with E-state index in [1.807, 2.05) is 26.0 Å². The molecule has 0 atom stereocenters. The third kappa shape index (κ3) is 2.42. The number of benzene rings is 1. The summed E-state index contributed by atoms with van der Waals surface area (Å²) in [5.41, 5.74) is 1.49. The van der Waals surface area contributed by atoms with Crippen molar-refractivity contribution < 1.29 is 14.3 Å². The van der Waals surface area contributed by atoms with Gasteiger partial charge in [-0.3, -0.25) is 9.59 Å². The number of carbonyl (C=O) groups is 2. The predicted molar refractivity (Wildman–Crippen MR) is 68.6 cm³/mol. The molecule has 4 nitrogen and oxygen atoms in total. The normalized spacial score (nSPS) is 10.8. The molecule has 0 unspecified atom stereocenters. The Morgan fingerprint density at radius 2 is 2.17 bits per heavy atom. The third-order valence-corrected chi connectivity index (χ3v) is 2.64. The van der Waals surface area contributed by atoms with Crippen molar-refractivity contribution in [1.29, 1.82) is 0 Å². The van der Waals surface area contributed by atoms with Gasteiger partial charge in [0.25, 0.3) is 0 Å². The van der Waals surface area contributed by atoms with Crippen molar-refractivity contribution in [1.82, 2.24) is 4.57 Å². The van der Waals surface area contributed by atoms with Gasteiger partial charge in [-0.1, -0.05) is 12.1 Å². The second-order valence-corrected chi connectivity index (χ2v) is 4.38. The Bertz CT molecular complexity index is 584. The maximum absolute atomic E-state index is 11.6. The predicted octanol–water partition coefficient (Wildman–Crippen LogP) is 2.41. The van der Waals surface area contributed by atoms with Gasteiger partial charge in [0.05, 0.1) is 6.10 Å². The molecule has 0 N–H and O–H groups in total. The minimum atomic E-state index is -0.279. The second kappa shape index (κ2) is 5.04. The molecule has 2 aromatic rings. The van der Waals surface area contributed by atoms with Gasteiger partial charge in [0.2, 0.25) is 0 Å². The molecule has 2 rings (SSSR count). The Hall–Kier alpha value is -2.10. The van der Waals surface area contributed by atoms with Crippen LogP contribution in [0.4, 0.5) is 0 Å². The summed E-state index contributed by atoms with van der Waals surface area (Å²) in [4.78, 5) is 22.5. The van der Waals surface area contributed by atoms with Crippen LogP contribution in [0.5, 0.6) is 0 Å². The number of esters is 1. The Morgan fingerprint density at radius 1 is 1.39 bits per heavy atom. The number of hydrogen-bond donors (Lipinski definition) is 0. The first kappa shape index (κ1) is 12.4. The van der Waals surface area contributed by atoms with Crippen molar-refractivity contribution in [3.05, 3.63) is 36.0 Å². The largest absolute Gasteiger partial charge is 0.462 e. The van der Waals surface area contributed by atoms with Gasteiger partial charge in [0.1, 0.15) is 6.54 Å². The van der Waals surface area contributed by atoms with Crippen molar-refractivity contribution in [3.63, 3.8) is 0 Å². The van der Waals surface area contributed by atoms with E-state index in [1.165, 1.54) is 0 Å². The molecule has 0 radical (unpaired) electrons. The minimum Gasteiger partial charge on any atom is -0.462 e. The van der Waals surface area contributed by atoms with Crippen LogP contribution in [0.15, 0.2) is 30.5 Å². The van der Waals surface area contributed by atoms with E-state index in [0.717, 1.165) is 17.2 Å². The highest BCUT2D eigenvalue weighted by molar-refractivity contribution is 5.97. The first-order valence-corrected chi connectivity index (χ1v) is 5.84. The zero-order valence-electron chi connectivity index (χ0n) is 10.4. The molecule has 0 aliphatic rings. The Balaban J connectivity index is 2.30. The summed E-state index contributed by atoms with van der Waals surface area (Å²) in [6.45, 7) is 3.79. The summed E-state index contributed by atoms with van der Waals surface area (Å²) in [6.07, 6.45) is 2.49. The Morgan fingerprint density at radius 3 is 2.83 bits per heavy atom. The van der Waals surface area contributed by atoms with Crippen LogP contribution in [0.2, 0.25) is 0 Å². The molecule has 0 saturated carbocycles. The molecular formula is C14H15NO3. The highest BCUT2D eigenvalue weighted by Crippen LogP contribution is 2.19. The lowest BCUT2D eigenvalue weighted by Crippen LogP contribution is -2.16. The van der Waals surface area contributed by atoms with Crippen molar-refractivity contribution in [2.75, 3.05) is 0 Å². The van der Waals surface area contributed by atoms with Gasteiger partial charge in [0, 0.05) is 22.7 Å². The van der Waals surface area contributed by atoms with E-state index in [4.69, 9.17) is 4.74 Å². The van der Waals surface area contributed by atoms with Gasteiger partial charge in [-0.25, -0.2) is 0 Å². The van der Waals surface area contributed by atoms with Crippen LogP contribution in [0.3, 0.4) is 0 Å². The fourth-order valence-corrected chi connectivity index (χ4v) is 1.93. The first-order chi connectivity index (χ1) is 8.61. The Labute approximate surface area is 105 Å². The number of aromatic nitrogens is 1. The van der Waals surface area contributed by atoms with Gasteiger partial charge in [-0.05, 0) is 26.0 Å². The van der Waals surface area contributed by atoms with Crippen LogP contribution in [-0.4, -0.2) is 22.9 Å². The summed E-state index contributed by atoms with van der Waals surface area (Å²) < 4.78 is 6.88. The average Bonchev–Trinajstić information content (AvgIpc) is 2.71. The van der Waals surface area contributed by atoms with Gasteiger partial charge >= 0.3 is 5.97 Å². The van der Waals surface area contributed by atoms with Gasteiger partial charge in [-0.2, -0.15) is 0 Å². The molecular weight excluding hydrogens is 230 g/mol. The quantitative estimate of drug-likeness (QED) is 0.614. The molecule has 1 heterocycles. The molecule has 0 amide bonds. The fraction of sp³-hybridized carbons (Fsp3) is 0.286. The second-order valence-electron chi connectivity index (χ2n) is 4.38. The molecule has 0 bridgehead atoms. The van der Waals surface area contributed by atoms with E-state index in [9.17, 15) is 9.59 Å². The molecule has 94 valence electrons. The summed E-state index contributed by atoms with van der Waals surface area (Å²) in [7, 11) is 0. The van der Waals surface area contributed by atoms with E-state index in [-0.39, 0.29) is 18.6 Å². The molecule has 0 aliphatic heterocycles. The van der Waals surface area contributed by atoms with E-state index in [0.29, 0.717) is 5.56 Å². The number of carbonyl (C=O) groups excluding carboxylic acids is 2. The van der Waals surface area contributed by atoms with Crippen molar-refractivity contribution in [2.45, 2.75) is 26.5 Å². The van der Waals surface area contributed by atoms with Crippen molar-refractivity contribution in [2.24, 2.45) is 0 Å². The molecule has 0 aliphatic carbocycles. The van der Waals surface area contributed by atoms with Crippen LogP contribution < -0.4 is 0 Å². The van der Waals surface area contributed by atoms with Crippen LogP contribution in [0.25, 0.3) is 10.9 Å². The topological polar surface area (TPSA) is 48.3 Å². The van der Waals surface area contributed by atoms with E-state index in [2.05, 4.69) is 0 Å². The monoisotopic (exact) mass is 245 g/mol. The van der Waals surface area contributed by atoms with Crippen LogP contribution in [0, 0.1) is 0 Å². The van der Waals surface area contributed by atoms with Crippen molar-refractivity contribution >= 4 is 23.2 Å². The lowest BCUT2D eigenvalue weighted by atomic mass is 10.1. The summed E-state index contributed by atoms with van der Waals surface area (Å²) in [6, 6.07) is 7.27. The smallest absolute Gasteiger partial charge is 0.326 e. The first-order valence-electron chi connectivity index (χ1n) is 5.84. The maximum Gasteiger partial charge on any atom is 0.326 e. The van der Waals surface area contributed by atoms with Gasteiger partial charge < -0.3 is 9.30 Å². The zero-order chi connectivity index (χ0) is 13.1. The van der Waals surface area contributed by atoms with Crippen LogP contribution in [0.1, 0.15) is 24.2 Å². The Kier molecular flexibility index (Phi) is 3.46. The number of ether oxygens (including phenoxy) is 1. The molecule has 1 aromatic heterocycles. The number of fused-ring (bicyclic) bond motifs is 1. The average molecular weight is 245 g/mol. The highest BCUT2D eigenvalue weighted by atomic mass is 16.5. The minimum absolute atomic E-state index is 0.120. The van der Waals surface area contributed by atoms with E-state index in [1.54, 1.807) is 22.9 Å². The fourth-order valence-electron chi connectivity index (χ4n) is 1.93. The molecule has 0 saturated heterocycles. The van der Waals surface area contributed by atoms with Gasteiger partial charge in [-0.15, -0.1) is 0 Å². The molecule has 0 spiro atoms. The lowest BCUT2D eigenvalue weighted by molar-refractivity contribution is -0.148. The number of nitrogens with zero attached hydrogens (tertiary/aromatic N) is 1. The van der Waals surface area contributed by atoms with Crippen molar-refractivity contribution in [3.8, 4) is 0 Å². The summed E-state index contributed by atoms with van der Waals surface area (Å²) in [5.74, 6) is -0.279. The summed E-state index contributed by atoms with van der Waals surface area (Å²) in [5, 5.41) is 0.852. The van der Waals surface area contributed by atoms with E-state index < -0.39 is 0 Å². The molecule has 4 heteroatoms. The highest BCUT2D eigenvalue weighted by Gasteiger charge is 2.10. The third-order valence-electron chi connectivity index (χ3n) is 2.64. The van der Waals surface area contributed by atoms with E-state index >= 15 is 0 Å². The standard InChI is InChI=1S/C14H15NO3/c1-10(2)18-14(17)8-15-7-6-12-11(9-16)4-3-5-13(12)15/h3-7,9-10H,8H2,1-2H3. The molecule has 0 fully saturated rings. The molecule has 18 heavy (non-hydrogen) atoms. The lowest BCUT2D eigenvalue weighted by Gasteiger charge is -2.09. The maximum atomic E-state index is 11.6. The number of rotatable bonds is 4. The molecule has 1 aromatic carbocycles. The number of aldehydes is 1.